The zero-order chi connectivity index (χ0) is 18.8. The number of hydrogen-bond acceptors (Lipinski definition) is 5. The highest BCUT2D eigenvalue weighted by Crippen LogP contribution is 2.36. The van der Waals surface area contributed by atoms with Crippen molar-refractivity contribution in [3.8, 4) is 11.5 Å². The summed E-state index contributed by atoms with van der Waals surface area (Å²) in [5.74, 6) is -0.495. The van der Waals surface area contributed by atoms with Crippen LogP contribution in [0.2, 0.25) is 0 Å². The van der Waals surface area contributed by atoms with Gasteiger partial charge in [-0.1, -0.05) is 30.3 Å². The van der Waals surface area contributed by atoms with Crippen molar-refractivity contribution < 1.29 is 19.1 Å². The zero-order valence-electron chi connectivity index (χ0n) is 14.1. The van der Waals surface area contributed by atoms with E-state index in [4.69, 9.17) is 9.47 Å². The summed E-state index contributed by atoms with van der Waals surface area (Å²) in [6.07, 6.45) is 1.49. The van der Waals surface area contributed by atoms with Gasteiger partial charge in [0.25, 0.3) is 5.91 Å². The molecule has 0 saturated carbocycles. The van der Waals surface area contributed by atoms with E-state index < -0.39 is 11.8 Å². The zero-order valence-corrected chi connectivity index (χ0v) is 15.7. The van der Waals surface area contributed by atoms with Crippen LogP contribution < -0.4 is 20.2 Å². The first-order valence-corrected chi connectivity index (χ1v) is 9.17. The molecule has 2 amide bonds. The predicted molar refractivity (Wildman–Crippen MR) is 102 cm³/mol. The number of nitrogens with zero attached hydrogens (tertiary/aromatic N) is 1. The van der Waals surface area contributed by atoms with Crippen molar-refractivity contribution in [2.24, 2.45) is 11.0 Å². The number of ether oxygens (including phenoxy) is 2. The van der Waals surface area contributed by atoms with Gasteiger partial charge in [0.2, 0.25) is 12.7 Å². The second-order valence-corrected chi connectivity index (χ2v) is 7.06. The van der Waals surface area contributed by atoms with Crippen LogP contribution in [0.4, 0.5) is 0 Å². The second-order valence-electron chi connectivity index (χ2n) is 6.20. The molecule has 0 spiro atoms. The molecular formula is C19H16BrN3O4. The molecule has 138 valence electrons. The molecule has 2 aromatic rings. The van der Waals surface area contributed by atoms with Crippen LogP contribution in [0.15, 0.2) is 52.0 Å². The van der Waals surface area contributed by atoms with Crippen molar-refractivity contribution in [3.05, 3.63) is 58.1 Å². The Kier molecular flexibility index (Phi) is 4.81. The normalized spacial score (nSPS) is 20.7. The Morgan fingerprint density at radius 2 is 1.96 bits per heavy atom. The third kappa shape index (κ3) is 3.52. The lowest BCUT2D eigenvalue weighted by Gasteiger charge is -2.15. The predicted octanol–water partition coefficient (Wildman–Crippen LogP) is 2.16. The van der Waals surface area contributed by atoms with Crippen LogP contribution in [0.5, 0.6) is 11.5 Å². The first kappa shape index (κ1) is 17.5. The van der Waals surface area contributed by atoms with Crippen molar-refractivity contribution in [1.82, 2.24) is 10.7 Å². The van der Waals surface area contributed by atoms with Crippen LogP contribution in [-0.2, 0) is 9.59 Å². The first-order chi connectivity index (χ1) is 13.1. The van der Waals surface area contributed by atoms with Gasteiger partial charge in [0.05, 0.1) is 6.21 Å². The number of hydrogen-bond donors (Lipinski definition) is 2. The summed E-state index contributed by atoms with van der Waals surface area (Å²) in [6, 6.07) is 13.1. The summed E-state index contributed by atoms with van der Waals surface area (Å²) in [5, 5.41) is 6.76. The van der Waals surface area contributed by atoms with Crippen LogP contribution >= 0.6 is 15.9 Å². The van der Waals surface area contributed by atoms with Crippen molar-refractivity contribution in [1.29, 1.82) is 0 Å². The molecule has 27 heavy (non-hydrogen) atoms. The lowest BCUT2D eigenvalue weighted by Crippen LogP contribution is -2.34. The number of amides is 2. The van der Waals surface area contributed by atoms with Crippen LogP contribution in [0.3, 0.4) is 0 Å². The average Bonchev–Trinajstić information content (AvgIpc) is 3.28. The Morgan fingerprint density at radius 3 is 2.74 bits per heavy atom. The summed E-state index contributed by atoms with van der Waals surface area (Å²) in [7, 11) is 0. The fourth-order valence-electron chi connectivity index (χ4n) is 3.20. The molecule has 4 rings (SSSR count). The number of halogens is 1. The van der Waals surface area contributed by atoms with Gasteiger partial charge in [-0.15, -0.1) is 0 Å². The average molecular weight is 430 g/mol. The molecule has 0 aliphatic carbocycles. The summed E-state index contributed by atoms with van der Waals surface area (Å²) < 4.78 is 11.4. The van der Waals surface area contributed by atoms with E-state index >= 15 is 0 Å². The van der Waals surface area contributed by atoms with Crippen molar-refractivity contribution in [2.45, 2.75) is 5.92 Å². The smallest absolute Gasteiger partial charge is 0.253 e. The molecular weight excluding hydrogens is 414 g/mol. The van der Waals surface area contributed by atoms with Crippen molar-refractivity contribution in [3.63, 3.8) is 0 Å². The highest BCUT2D eigenvalue weighted by atomic mass is 79.9. The molecule has 0 aromatic heterocycles. The minimum absolute atomic E-state index is 0.177. The maximum atomic E-state index is 12.6. The number of rotatable bonds is 4. The lowest BCUT2D eigenvalue weighted by atomic mass is 9.88. The molecule has 0 unspecified atom stereocenters. The Balaban J connectivity index is 1.47. The Morgan fingerprint density at radius 1 is 1.22 bits per heavy atom. The van der Waals surface area contributed by atoms with E-state index in [9.17, 15) is 9.59 Å². The summed E-state index contributed by atoms with van der Waals surface area (Å²) in [4.78, 5) is 24.7. The minimum atomic E-state index is -0.815. The van der Waals surface area contributed by atoms with E-state index in [1.807, 2.05) is 30.3 Å². The molecule has 1 fully saturated rings. The van der Waals surface area contributed by atoms with Crippen molar-refractivity contribution in [2.75, 3.05) is 13.3 Å². The van der Waals surface area contributed by atoms with E-state index in [0.717, 1.165) is 15.6 Å². The molecule has 2 aliphatic heterocycles. The van der Waals surface area contributed by atoms with E-state index in [0.29, 0.717) is 18.0 Å². The fraction of sp³-hybridized carbons (Fsp3) is 0.211. The molecule has 8 heteroatoms. The Bertz CT molecular complexity index is 917. The summed E-state index contributed by atoms with van der Waals surface area (Å²) >= 11 is 3.43. The summed E-state index contributed by atoms with van der Waals surface area (Å²) in [5.41, 5.74) is 4.14. The van der Waals surface area contributed by atoms with Gasteiger partial charge < -0.3 is 14.8 Å². The number of nitrogens with one attached hydrogen (secondary N) is 2. The van der Waals surface area contributed by atoms with Gasteiger partial charge in [-0.25, -0.2) is 5.43 Å². The van der Waals surface area contributed by atoms with E-state index in [1.54, 1.807) is 12.1 Å². The quantitative estimate of drug-likeness (QED) is 0.442. The van der Waals surface area contributed by atoms with Gasteiger partial charge in [0.1, 0.15) is 5.92 Å². The maximum Gasteiger partial charge on any atom is 0.253 e. The number of fused-ring (bicyclic) bond motifs is 1. The fourth-order valence-corrected chi connectivity index (χ4v) is 3.62. The third-order valence-corrected chi connectivity index (χ3v) is 5.25. The van der Waals surface area contributed by atoms with Crippen LogP contribution in [0.25, 0.3) is 0 Å². The third-order valence-electron chi connectivity index (χ3n) is 4.56. The van der Waals surface area contributed by atoms with Crippen LogP contribution in [0, 0.1) is 5.92 Å². The largest absolute Gasteiger partial charge is 0.454 e. The molecule has 1 saturated heterocycles. The van der Waals surface area contributed by atoms with E-state index in [2.05, 4.69) is 31.8 Å². The molecule has 2 aliphatic rings. The van der Waals surface area contributed by atoms with Crippen LogP contribution in [0.1, 0.15) is 17.0 Å². The van der Waals surface area contributed by atoms with Gasteiger partial charge in [-0.2, -0.15) is 5.10 Å². The van der Waals surface area contributed by atoms with Crippen LogP contribution in [-0.4, -0.2) is 31.4 Å². The van der Waals surface area contributed by atoms with Gasteiger partial charge in [0.15, 0.2) is 11.5 Å². The lowest BCUT2D eigenvalue weighted by molar-refractivity contribution is -0.133. The highest BCUT2D eigenvalue weighted by Gasteiger charge is 2.40. The van der Waals surface area contributed by atoms with Gasteiger partial charge in [0, 0.05) is 22.5 Å². The van der Waals surface area contributed by atoms with Crippen molar-refractivity contribution >= 4 is 34.0 Å². The molecule has 2 N–H and O–H groups in total. The molecule has 7 nitrogen and oxygen atoms in total. The minimum Gasteiger partial charge on any atom is -0.454 e. The van der Waals surface area contributed by atoms with E-state index in [-0.39, 0.29) is 18.6 Å². The molecule has 2 aromatic carbocycles. The maximum absolute atomic E-state index is 12.6. The molecule has 0 radical (unpaired) electrons. The molecule has 0 bridgehead atoms. The highest BCUT2D eigenvalue weighted by molar-refractivity contribution is 9.10. The Labute approximate surface area is 163 Å². The van der Waals surface area contributed by atoms with Gasteiger partial charge in [-0.05, 0) is 33.6 Å². The SMILES string of the molecule is O=C1NC[C@H](c2ccccc2)[C@@H]1C(=O)N/N=C\c1cc2c(cc1Br)OCO2. The Hall–Kier alpha value is -2.87. The topological polar surface area (TPSA) is 89.0 Å². The first-order valence-electron chi connectivity index (χ1n) is 8.38. The number of carbonyl (C=O) groups is 2. The monoisotopic (exact) mass is 429 g/mol. The number of carbonyl (C=O) groups excluding carboxylic acids is 2. The van der Waals surface area contributed by atoms with Gasteiger partial charge in [-0.3, -0.25) is 9.59 Å². The standard InChI is InChI=1S/C19H16BrN3O4/c20-14-7-16-15(26-10-27-16)6-12(14)8-22-23-19(25)17-13(9-21-18(17)24)11-4-2-1-3-5-11/h1-8,13,17H,9-10H2,(H,21,24)(H,23,25)/b22-8-/t13-,17+/m1/s1. The second kappa shape index (κ2) is 7.40. The summed E-state index contributed by atoms with van der Waals surface area (Å²) in [6.45, 7) is 0.606. The molecule has 2 atom stereocenters. The molecule has 2 heterocycles. The number of hydrazone groups is 1. The number of benzene rings is 2. The van der Waals surface area contributed by atoms with Gasteiger partial charge >= 0.3 is 0 Å². The van der Waals surface area contributed by atoms with E-state index in [1.165, 1.54) is 6.21 Å².